The highest BCUT2D eigenvalue weighted by atomic mass is 16.5. The molecule has 0 bridgehead atoms. The van der Waals surface area contributed by atoms with Crippen LogP contribution in [0.5, 0.6) is 5.75 Å². The summed E-state index contributed by atoms with van der Waals surface area (Å²) in [6.07, 6.45) is 2.53. The molecule has 1 aromatic rings. The van der Waals surface area contributed by atoms with Gasteiger partial charge in [0.25, 0.3) is 0 Å². The first-order chi connectivity index (χ1) is 9.35. The van der Waals surface area contributed by atoms with Crippen molar-refractivity contribution in [3.8, 4) is 11.8 Å². The standard InChI is InChI=1S/C17H26N2O/c1-13(2)16-8-7-15(11-14(16)3)20-10-6-5-9-17(4,19)12-18/h7-8,11,13H,5-6,9-10,19H2,1-4H3. The van der Waals surface area contributed by atoms with Gasteiger partial charge in [-0.3, -0.25) is 0 Å². The Morgan fingerprint density at radius 2 is 2.05 bits per heavy atom. The van der Waals surface area contributed by atoms with Crippen LogP contribution in [0, 0.1) is 18.3 Å². The van der Waals surface area contributed by atoms with Crippen molar-refractivity contribution in [2.45, 2.75) is 58.4 Å². The number of nitriles is 1. The van der Waals surface area contributed by atoms with Crippen molar-refractivity contribution in [2.24, 2.45) is 5.73 Å². The zero-order chi connectivity index (χ0) is 15.2. The number of benzene rings is 1. The number of nitrogens with two attached hydrogens (primary N) is 1. The van der Waals surface area contributed by atoms with Crippen molar-refractivity contribution in [1.29, 1.82) is 5.26 Å². The first-order valence-electron chi connectivity index (χ1n) is 7.29. The molecule has 0 heterocycles. The zero-order valence-electron chi connectivity index (χ0n) is 13.1. The fourth-order valence-electron chi connectivity index (χ4n) is 2.23. The Morgan fingerprint density at radius 3 is 2.60 bits per heavy atom. The monoisotopic (exact) mass is 274 g/mol. The van der Waals surface area contributed by atoms with Crippen LogP contribution in [0.1, 0.15) is 57.1 Å². The van der Waals surface area contributed by atoms with Crippen LogP contribution in [0.2, 0.25) is 0 Å². The van der Waals surface area contributed by atoms with E-state index in [9.17, 15) is 0 Å². The number of unbranched alkanes of at least 4 members (excludes halogenated alkanes) is 1. The van der Waals surface area contributed by atoms with Crippen molar-refractivity contribution in [1.82, 2.24) is 0 Å². The minimum absolute atomic E-state index is 0.539. The number of ether oxygens (including phenoxy) is 1. The predicted molar refractivity (Wildman–Crippen MR) is 82.8 cm³/mol. The largest absolute Gasteiger partial charge is 0.494 e. The fourth-order valence-corrected chi connectivity index (χ4v) is 2.23. The van der Waals surface area contributed by atoms with Crippen LogP contribution >= 0.6 is 0 Å². The van der Waals surface area contributed by atoms with Gasteiger partial charge in [-0.15, -0.1) is 0 Å². The van der Waals surface area contributed by atoms with E-state index in [1.165, 1.54) is 11.1 Å². The number of aryl methyl sites for hydroxylation is 1. The maximum absolute atomic E-state index is 8.82. The molecule has 0 aliphatic carbocycles. The lowest BCUT2D eigenvalue weighted by Gasteiger charge is -2.15. The van der Waals surface area contributed by atoms with Gasteiger partial charge in [-0.1, -0.05) is 19.9 Å². The first-order valence-corrected chi connectivity index (χ1v) is 7.29. The fraction of sp³-hybridized carbons (Fsp3) is 0.588. The summed E-state index contributed by atoms with van der Waals surface area (Å²) in [5, 5.41) is 8.82. The third kappa shape index (κ3) is 5.22. The molecule has 0 aromatic heterocycles. The summed E-state index contributed by atoms with van der Waals surface area (Å²) in [4.78, 5) is 0. The number of rotatable bonds is 7. The van der Waals surface area contributed by atoms with Gasteiger partial charge in [0.2, 0.25) is 0 Å². The van der Waals surface area contributed by atoms with Crippen LogP contribution in [0.25, 0.3) is 0 Å². The van der Waals surface area contributed by atoms with Crippen LogP contribution in [-0.2, 0) is 0 Å². The third-order valence-corrected chi connectivity index (χ3v) is 3.48. The van der Waals surface area contributed by atoms with Crippen molar-refractivity contribution in [3.05, 3.63) is 29.3 Å². The molecule has 1 aromatic carbocycles. The van der Waals surface area contributed by atoms with Crippen LogP contribution in [0.3, 0.4) is 0 Å². The van der Waals surface area contributed by atoms with E-state index in [0.717, 1.165) is 18.6 Å². The summed E-state index contributed by atoms with van der Waals surface area (Å²) in [5.41, 5.74) is 7.70. The maximum atomic E-state index is 8.82. The summed E-state index contributed by atoms with van der Waals surface area (Å²) in [6.45, 7) is 8.95. The van der Waals surface area contributed by atoms with E-state index in [4.69, 9.17) is 15.7 Å². The Bertz CT molecular complexity index is 472. The molecule has 0 saturated carbocycles. The third-order valence-electron chi connectivity index (χ3n) is 3.48. The molecule has 110 valence electrons. The summed E-state index contributed by atoms with van der Waals surface area (Å²) in [6, 6.07) is 8.38. The molecule has 20 heavy (non-hydrogen) atoms. The van der Waals surface area contributed by atoms with E-state index < -0.39 is 5.54 Å². The van der Waals surface area contributed by atoms with E-state index in [1.54, 1.807) is 6.92 Å². The lowest BCUT2D eigenvalue weighted by molar-refractivity contribution is 0.300. The maximum Gasteiger partial charge on any atom is 0.119 e. The Kier molecular flexibility index (Phi) is 6.04. The highest BCUT2D eigenvalue weighted by Gasteiger charge is 2.15. The minimum atomic E-state index is -0.713. The summed E-state index contributed by atoms with van der Waals surface area (Å²) in [7, 11) is 0. The summed E-state index contributed by atoms with van der Waals surface area (Å²) in [5.74, 6) is 1.46. The van der Waals surface area contributed by atoms with Crippen molar-refractivity contribution in [2.75, 3.05) is 6.61 Å². The molecule has 3 heteroatoms. The van der Waals surface area contributed by atoms with Gasteiger partial charge in [-0.05, 0) is 62.3 Å². The van der Waals surface area contributed by atoms with Gasteiger partial charge in [0.15, 0.2) is 0 Å². The lowest BCUT2D eigenvalue weighted by atomic mass is 9.98. The van der Waals surface area contributed by atoms with Gasteiger partial charge in [-0.25, -0.2) is 0 Å². The molecule has 3 nitrogen and oxygen atoms in total. The Balaban J connectivity index is 2.37. The molecule has 0 spiro atoms. The van der Waals surface area contributed by atoms with Gasteiger partial charge in [-0.2, -0.15) is 5.26 Å². The summed E-state index contributed by atoms with van der Waals surface area (Å²) < 4.78 is 5.75. The molecule has 2 N–H and O–H groups in total. The van der Waals surface area contributed by atoms with Crippen LogP contribution in [0.4, 0.5) is 0 Å². The molecule has 0 aliphatic heterocycles. The summed E-state index contributed by atoms with van der Waals surface area (Å²) >= 11 is 0. The zero-order valence-corrected chi connectivity index (χ0v) is 13.1. The lowest BCUT2D eigenvalue weighted by Crippen LogP contribution is -2.33. The average Bonchev–Trinajstić information content (AvgIpc) is 2.38. The number of hydrogen-bond acceptors (Lipinski definition) is 3. The van der Waals surface area contributed by atoms with E-state index in [1.807, 2.05) is 6.07 Å². The molecule has 0 saturated heterocycles. The van der Waals surface area contributed by atoms with Gasteiger partial charge in [0, 0.05) is 0 Å². The molecule has 0 radical (unpaired) electrons. The molecule has 1 atom stereocenters. The highest BCUT2D eigenvalue weighted by molar-refractivity contribution is 5.36. The minimum Gasteiger partial charge on any atom is -0.494 e. The normalized spacial score (nSPS) is 13.8. The molecule has 1 unspecified atom stereocenters. The van der Waals surface area contributed by atoms with Crippen molar-refractivity contribution in [3.63, 3.8) is 0 Å². The van der Waals surface area contributed by atoms with Gasteiger partial charge < -0.3 is 10.5 Å². The van der Waals surface area contributed by atoms with Crippen LogP contribution in [-0.4, -0.2) is 12.1 Å². The second kappa shape index (κ2) is 7.31. The Labute approximate surface area is 122 Å². The van der Waals surface area contributed by atoms with E-state index >= 15 is 0 Å². The Hall–Kier alpha value is -1.53. The predicted octanol–water partition coefficient (Wildman–Crippen LogP) is 3.91. The van der Waals surface area contributed by atoms with Crippen LogP contribution in [0.15, 0.2) is 18.2 Å². The molecule has 0 aliphatic rings. The smallest absolute Gasteiger partial charge is 0.119 e. The van der Waals surface area contributed by atoms with Gasteiger partial charge in [0.1, 0.15) is 11.3 Å². The molecular formula is C17H26N2O. The Morgan fingerprint density at radius 1 is 1.35 bits per heavy atom. The van der Waals surface area contributed by atoms with E-state index in [2.05, 4.69) is 39.0 Å². The van der Waals surface area contributed by atoms with Crippen molar-refractivity contribution >= 4 is 0 Å². The topological polar surface area (TPSA) is 59.0 Å². The number of hydrogen-bond donors (Lipinski definition) is 1. The van der Waals surface area contributed by atoms with E-state index in [-0.39, 0.29) is 0 Å². The first kappa shape index (κ1) is 16.5. The second-order valence-corrected chi connectivity index (χ2v) is 6.01. The van der Waals surface area contributed by atoms with E-state index in [0.29, 0.717) is 18.9 Å². The van der Waals surface area contributed by atoms with Gasteiger partial charge in [0.05, 0.1) is 12.7 Å². The van der Waals surface area contributed by atoms with Gasteiger partial charge >= 0.3 is 0 Å². The van der Waals surface area contributed by atoms with Crippen LogP contribution < -0.4 is 10.5 Å². The second-order valence-electron chi connectivity index (χ2n) is 6.01. The highest BCUT2D eigenvalue weighted by Crippen LogP contribution is 2.23. The SMILES string of the molecule is Cc1cc(OCCCCC(C)(N)C#N)ccc1C(C)C. The molecular weight excluding hydrogens is 248 g/mol. The molecule has 0 fully saturated rings. The number of nitrogens with zero attached hydrogens (tertiary/aromatic N) is 1. The average molecular weight is 274 g/mol. The molecule has 0 amide bonds. The van der Waals surface area contributed by atoms with Crippen molar-refractivity contribution < 1.29 is 4.74 Å². The quantitative estimate of drug-likeness (QED) is 0.767. The molecule has 1 rings (SSSR count).